The molecule has 4 rings (SSSR count). The number of nitrogens with zero attached hydrogens (tertiary/aromatic N) is 5. The molecule has 148 valence electrons. The summed E-state index contributed by atoms with van der Waals surface area (Å²) in [5.74, 6) is -0.180. The van der Waals surface area contributed by atoms with E-state index in [1.165, 1.54) is 20.7 Å². The number of aromatic amines is 1. The number of fused-ring (bicyclic) bond motifs is 1. The molecule has 2 N–H and O–H groups in total. The van der Waals surface area contributed by atoms with Crippen molar-refractivity contribution in [3.8, 4) is 5.00 Å². The second-order valence-electron chi connectivity index (χ2n) is 6.24. The molecule has 0 spiro atoms. The molecule has 10 nitrogen and oxygen atoms in total. The highest BCUT2D eigenvalue weighted by atomic mass is 32.1. The van der Waals surface area contributed by atoms with Crippen molar-refractivity contribution < 1.29 is 4.79 Å². The van der Waals surface area contributed by atoms with Crippen molar-refractivity contribution in [2.24, 2.45) is 0 Å². The monoisotopic (exact) mass is 411 g/mol. The van der Waals surface area contributed by atoms with E-state index in [0.717, 1.165) is 5.39 Å². The zero-order valence-electron chi connectivity index (χ0n) is 15.2. The maximum atomic E-state index is 12.3. The first-order valence-corrected chi connectivity index (χ1v) is 9.81. The Kier molecular flexibility index (Phi) is 5.29. The number of thiophene rings is 1. The van der Waals surface area contributed by atoms with Gasteiger partial charge in [-0.3, -0.25) is 9.59 Å². The summed E-state index contributed by atoms with van der Waals surface area (Å²) < 4.78 is 2.43. The quantitative estimate of drug-likeness (QED) is 0.455. The molecule has 3 aromatic heterocycles. The zero-order chi connectivity index (χ0) is 20.2. The highest BCUT2D eigenvalue weighted by Crippen LogP contribution is 2.13. The fraction of sp³-hybridized carbons (Fsp3) is 0.222. The molecule has 0 aliphatic heterocycles. The number of carbonyl (C=O) groups excluding carboxylic acids is 1. The summed E-state index contributed by atoms with van der Waals surface area (Å²) in [7, 11) is 0. The summed E-state index contributed by atoms with van der Waals surface area (Å²) in [6.45, 7) is 0.470. The molecular formula is C18H17N7O3S. The Bertz CT molecular complexity index is 1260. The van der Waals surface area contributed by atoms with Gasteiger partial charge >= 0.3 is 5.69 Å². The van der Waals surface area contributed by atoms with Gasteiger partial charge in [0.05, 0.1) is 17.6 Å². The van der Waals surface area contributed by atoms with Gasteiger partial charge in [0, 0.05) is 24.8 Å². The van der Waals surface area contributed by atoms with E-state index in [1.54, 1.807) is 18.2 Å². The minimum Gasteiger partial charge on any atom is -0.354 e. The van der Waals surface area contributed by atoms with Crippen molar-refractivity contribution in [2.75, 3.05) is 6.54 Å². The molecular weight excluding hydrogens is 394 g/mol. The van der Waals surface area contributed by atoms with Crippen LogP contribution in [-0.2, 0) is 17.8 Å². The second kappa shape index (κ2) is 8.19. The molecule has 0 fully saturated rings. The van der Waals surface area contributed by atoms with Crippen molar-refractivity contribution in [3.63, 3.8) is 0 Å². The summed E-state index contributed by atoms with van der Waals surface area (Å²) in [4.78, 5) is 36.2. The number of benzene rings is 1. The van der Waals surface area contributed by atoms with E-state index in [4.69, 9.17) is 0 Å². The first kappa shape index (κ1) is 18.7. The summed E-state index contributed by atoms with van der Waals surface area (Å²) >= 11 is 1.39. The predicted octanol–water partition coefficient (Wildman–Crippen LogP) is 0.476. The molecule has 0 bridgehead atoms. The molecule has 3 heterocycles. The van der Waals surface area contributed by atoms with E-state index >= 15 is 0 Å². The van der Waals surface area contributed by atoms with Crippen molar-refractivity contribution in [1.29, 1.82) is 0 Å². The van der Waals surface area contributed by atoms with Gasteiger partial charge in [-0.1, -0.05) is 18.2 Å². The maximum absolute atomic E-state index is 12.3. The lowest BCUT2D eigenvalue weighted by Gasteiger charge is -2.06. The summed E-state index contributed by atoms with van der Waals surface area (Å²) in [6, 6.07) is 10.8. The van der Waals surface area contributed by atoms with Gasteiger partial charge in [-0.15, -0.1) is 11.3 Å². The first-order valence-electron chi connectivity index (χ1n) is 8.93. The van der Waals surface area contributed by atoms with Gasteiger partial charge in [0.1, 0.15) is 5.00 Å². The highest BCUT2D eigenvalue weighted by Gasteiger charge is 2.11. The molecule has 0 saturated carbocycles. The van der Waals surface area contributed by atoms with Crippen LogP contribution in [0.2, 0.25) is 0 Å². The van der Waals surface area contributed by atoms with Crippen LogP contribution < -0.4 is 16.6 Å². The zero-order valence-corrected chi connectivity index (χ0v) is 16.1. The third kappa shape index (κ3) is 3.99. The van der Waals surface area contributed by atoms with Crippen molar-refractivity contribution in [1.82, 2.24) is 35.3 Å². The summed E-state index contributed by atoms with van der Waals surface area (Å²) in [6.07, 6.45) is 0.595. The van der Waals surface area contributed by atoms with Crippen molar-refractivity contribution in [3.05, 3.63) is 68.3 Å². The third-order valence-electron chi connectivity index (χ3n) is 4.36. The Balaban J connectivity index is 1.32. The molecule has 4 aromatic rings. The van der Waals surface area contributed by atoms with E-state index in [9.17, 15) is 14.4 Å². The van der Waals surface area contributed by atoms with Crippen molar-refractivity contribution >= 4 is 28.0 Å². The molecule has 0 saturated heterocycles. The van der Waals surface area contributed by atoms with Crippen LogP contribution in [0.5, 0.6) is 0 Å². The normalized spacial score (nSPS) is 11.0. The van der Waals surface area contributed by atoms with Crippen LogP contribution in [0.3, 0.4) is 0 Å². The Hall–Kier alpha value is -3.60. The minimum absolute atomic E-state index is 0.180. The van der Waals surface area contributed by atoms with E-state index in [-0.39, 0.29) is 36.7 Å². The Morgan fingerprint density at radius 2 is 1.93 bits per heavy atom. The average molecular weight is 411 g/mol. The van der Waals surface area contributed by atoms with Gasteiger partial charge < -0.3 is 5.32 Å². The Labute approximate surface area is 167 Å². The fourth-order valence-electron chi connectivity index (χ4n) is 2.93. The van der Waals surface area contributed by atoms with Crippen LogP contribution in [0.1, 0.15) is 12.1 Å². The first-order chi connectivity index (χ1) is 14.1. The van der Waals surface area contributed by atoms with Gasteiger partial charge in [-0.05, 0) is 34.0 Å². The number of rotatable bonds is 7. The highest BCUT2D eigenvalue weighted by molar-refractivity contribution is 7.12. The van der Waals surface area contributed by atoms with E-state index in [1.807, 2.05) is 23.6 Å². The average Bonchev–Trinajstić information content (AvgIpc) is 3.38. The maximum Gasteiger partial charge on any atom is 0.369 e. The Morgan fingerprint density at radius 1 is 1.10 bits per heavy atom. The lowest BCUT2D eigenvalue weighted by atomic mass is 10.1. The smallest absolute Gasteiger partial charge is 0.354 e. The molecule has 0 aliphatic rings. The number of amides is 1. The topological polar surface area (TPSA) is 128 Å². The number of tetrazole rings is 1. The lowest BCUT2D eigenvalue weighted by molar-refractivity contribution is -0.121. The molecule has 29 heavy (non-hydrogen) atoms. The molecule has 0 unspecified atom stereocenters. The number of hydrogen-bond acceptors (Lipinski definition) is 7. The van der Waals surface area contributed by atoms with Gasteiger partial charge in [0.2, 0.25) is 5.91 Å². The number of carbonyl (C=O) groups is 1. The van der Waals surface area contributed by atoms with Gasteiger partial charge in [0.25, 0.3) is 5.56 Å². The number of hydrogen-bond donors (Lipinski definition) is 2. The van der Waals surface area contributed by atoms with Crippen LogP contribution in [0.25, 0.3) is 15.8 Å². The van der Waals surface area contributed by atoms with Gasteiger partial charge in [0.15, 0.2) is 0 Å². The van der Waals surface area contributed by atoms with Gasteiger partial charge in [-0.2, -0.15) is 14.5 Å². The van der Waals surface area contributed by atoms with Gasteiger partial charge in [-0.25, -0.2) is 9.89 Å². The minimum atomic E-state index is -0.356. The van der Waals surface area contributed by atoms with Crippen LogP contribution >= 0.6 is 11.3 Å². The number of aryl methyl sites for hydroxylation is 1. The predicted molar refractivity (Wildman–Crippen MR) is 107 cm³/mol. The molecule has 1 aromatic carbocycles. The van der Waals surface area contributed by atoms with E-state index in [0.29, 0.717) is 22.5 Å². The standard InChI is InChI=1S/C18H17N7O3S/c26-15(8-7-14-12-4-1-2-5-13(12)17(27)21-20-14)19-9-10-24-18(28)25(23-22-24)16-6-3-11-29-16/h1-6,11H,7-10H2,(H,19,26)(H,21,27). The van der Waals surface area contributed by atoms with E-state index in [2.05, 4.69) is 25.9 Å². The van der Waals surface area contributed by atoms with Crippen LogP contribution in [-0.4, -0.2) is 42.4 Å². The summed E-state index contributed by atoms with van der Waals surface area (Å²) in [5, 5.41) is 20.8. The molecule has 0 atom stereocenters. The Morgan fingerprint density at radius 3 is 2.72 bits per heavy atom. The second-order valence-corrected chi connectivity index (χ2v) is 7.17. The van der Waals surface area contributed by atoms with Crippen LogP contribution in [0.15, 0.2) is 51.4 Å². The lowest BCUT2D eigenvalue weighted by Crippen LogP contribution is -2.32. The summed E-state index contributed by atoms with van der Waals surface area (Å²) in [5.41, 5.74) is 0.0471. The van der Waals surface area contributed by atoms with Crippen molar-refractivity contribution in [2.45, 2.75) is 19.4 Å². The molecule has 0 aliphatic carbocycles. The molecule has 1 amide bonds. The third-order valence-corrected chi connectivity index (χ3v) is 5.21. The molecule has 0 radical (unpaired) electrons. The van der Waals surface area contributed by atoms with Crippen LogP contribution in [0, 0.1) is 0 Å². The number of nitrogens with one attached hydrogen (secondary N) is 2. The van der Waals surface area contributed by atoms with E-state index < -0.39 is 0 Å². The van der Waals surface area contributed by atoms with Crippen LogP contribution in [0.4, 0.5) is 0 Å². The number of H-pyrrole nitrogens is 1. The fourth-order valence-corrected chi connectivity index (χ4v) is 3.59. The largest absolute Gasteiger partial charge is 0.369 e. The molecule has 11 heteroatoms. The number of aromatic nitrogens is 6. The SMILES string of the molecule is O=C(CCc1n[nH]c(=O)c2ccccc12)NCCn1nnn(-c2cccs2)c1=O.